The predicted octanol–water partition coefficient (Wildman–Crippen LogP) is 0.516. The average molecular weight is 140 g/mol. The molecule has 10 heavy (non-hydrogen) atoms. The van der Waals surface area contributed by atoms with Crippen molar-refractivity contribution in [1.82, 2.24) is 9.80 Å². The maximum absolute atomic E-state index is 11.2. The van der Waals surface area contributed by atoms with Gasteiger partial charge in [0.25, 0.3) is 0 Å². The summed E-state index contributed by atoms with van der Waals surface area (Å²) in [6.07, 6.45) is 2.40. The number of hydrogen-bond acceptors (Lipinski definition) is 1. The molecule has 0 bridgehead atoms. The van der Waals surface area contributed by atoms with Crippen molar-refractivity contribution in [2.45, 2.75) is 18.9 Å². The number of likely N-dealkylation sites (N-methyl/N-ethyl adjacent to an activating group) is 1. The lowest BCUT2D eigenvalue weighted by atomic mass is 10.2. The molecule has 2 aliphatic heterocycles. The molecule has 0 N–H and O–H groups in total. The molecule has 0 radical (unpaired) electrons. The Bertz CT molecular complexity index is 169. The third-order valence-electron chi connectivity index (χ3n) is 2.43. The maximum Gasteiger partial charge on any atom is 0.320 e. The lowest BCUT2D eigenvalue weighted by Gasteiger charge is -2.12. The van der Waals surface area contributed by atoms with Crippen molar-refractivity contribution in [3.63, 3.8) is 0 Å². The van der Waals surface area contributed by atoms with E-state index in [9.17, 15) is 4.79 Å². The molecule has 0 aliphatic carbocycles. The Hall–Kier alpha value is -0.730. The van der Waals surface area contributed by atoms with Crippen molar-refractivity contribution in [2.75, 3.05) is 20.1 Å². The minimum Gasteiger partial charge on any atom is -0.326 e. The van der Waals surface area contributed by atoms with Crippen LogP contribution in [0.5, 0.6) is 0 Å². The largest absolute Gasteiger partial charge is 0.326 e. The number of rotatable bonds is 0. The monoisotopic (exact) mass is 140 g/mol. The Labute approximate surface area is 60.6 Å². The summed E-state index contributed by atoms with van der Waals surface area (Å²) < 4.78 is 0. The Balaban J connectivity index is 2.17. The van der Waals surface area contributed by atoms with Crippen LogP contribution in [0.4, 0.5) is 4.79 Å². The Morgan fingerprint density at radius 2 is 2.40 bits per heavy atom. The summed E-state index contributed by atoms with van der Waals surface area (Å²) in [6.45, 7) is 1.92. The fraction of sp³-hybridized carbons (Fsp3) is 0.857. The van der Waals surface area contributed by atoms with Crippen molar-refractivity contribution in [3.05, 3.63) is 0 Å². The van der Waals surface area contributed by atoms with Crippen LogP contribution in [-0.4, -0.2) is 42.0 Å². The first-order chi connectivity index (χ1) is 4.79. The van der Waals surface area contributed by atoms with Gasteiger partial charge in [0.1, 0.15) is 0 Å². The van der Waals surface area contributed by atoms with Gasteiger partial charge in [-0.25, -0.2) is 4.79 Å². The van der Waals surface area contributed by atoms with E-state index in [0.29, 0.717) is 6.04 Å². The summed E-state index contributed by atoms with van der Waals surface area (Å²) in [6, 6.07) is 0.764. The van der Waals surface area contributed by atoms with E-state index in [0.717, 1.165) is 13.1 Å². The van der Waals surface area contributed by atoms with Crippen molar-refractivity contribution >= 4 is 6.03 Å². The van der Waals surface area contributed by atoms with Gasteiger partial charge in [-0.15, -0.1) is 0 Å². The van der Waals surface area contributed by atoms with Gasteiger partial charge in [-0.3, -0.25) is 0 Å². The van der Waals surface area contributed by atoms with Crippen molar-refractivity contribution < 1.29 is 4.79 Å². The second-order valence-corrected chi connectivity index (χ2v) is 3.15. The summed E-state index contributed by atoms with van der Waals surface area (Å²) >= 11 is 0. The van der Waals surface area contributed by atoms with E-state index in [1.165, 1.54) is 12.8 Å². The number of urea groups is 1. The first kappa shape index (κ1) is 6.01. The van der Waals surface area contributed by atoms with Gasteiger partial charge in [-0.05, 0) is 12.8 Å². The smallest absolute Gasteiger partial charge is 0.320 e. The van der Waals surface area contributed by atoms with Crippen LogP contribution in [0.2, 0.25) is 0 Å². The molecule has 2 aliphatic rings. The molecule has 0 saturated carbocycles. The molecule has 2 saturated heterocycles. The summed E-state index contributed by atoms with van der Waals surface area (Å²) in [7, 11) is 1.88. The van der Waals surface area contributed by atoms with E-state index < -0.39 is 0 Å². The number of amides is 2. The van der Waals surface area contributed by atoms with Crippen LogP contribution in [0, 0.1) is 0 Å². The molecule has 2 fully saturated rings. The van der Waals surface area contributed by atoms with Gasteiger partial charge in [0.05, 0.1) is 6.04 Å². The van der Waals surface area contributed by atoms with Gasteiger partial charge in [0.2, 0.25) is 0 Å². The molecule has 2 amide bonds. The lowest BCUT2D eigenvalue weighted by molar-refractivity contribution is 0.199. The highest BCUT2D eigenvalue weighted by atomic mass is 16.2. The van der Waals surface area contributed by atoms with Crippen LogP contribution in [0.3, 0.4) is 0 Å². The molecule has 0 aromatic heterocycles. The standard InChI is InChI=1S/C7H12N2O/c1-8-5-6-3-2-4-9(6)7(8)10/h6H,2-5H2,1H3/t6-/m0/s1. The van der Waals surface area contributed by atoms with E-state index in [1.54, 1.807) is 0 Å². The normalized spacial score (nSPS) is 31.7. The average Bonchev–Trinajstić information content (AvgIpc) is 2.41. The zero-order chi connectivity index (χ0) is 7.14. The lowest BCUT2D eigenvalue weighted by Crippen LogP contribution is -2.29. The summed E-state index contributed by atoms with van der Waals surface area (Å²) in [5, 5.41) is 0. The van der Waals surface area contributed by atoms with E-state index in [4.69, 9.17) is 0 Å². The molecule has 0 aromatic rings. The van der Waals surface area contributed by atoms with Crippen LogP contribution in [0.15, 0.2) is 0 Å². The van der Waals surface area contributed by atoms with Gasteiger partial charge in [-0.2, -0.15) is 0 Å². The van der Waals surface area contributed by atoms with Gasteiger partial charge in [0.15, 0.2) is 0 Å². The van der Waals surface area contributed by atoms with Crippen molar-refractivity contribution in [3.8, 4) is 0 Å². The topological polar surface area (TPSA) is 23.6 Å². The highest BCUT2D eigenvalue weighted by molar-refractivity contribution is 5.77. The second-order valence-electron chi connectivity index (χ2n) is 3.15. The fourth-order valence-corrected chi connectivity index (χ4v) is 1.89. The molecule has 0 aromatic carbocycles. The highest BCUT2D eigenvalue weighted by Crippen LogP contribution is 2.24. The first-order valence-electron chi connectivity index (χ1n) is 3.81. The number of carbonyl (C=O) groups is 1. The quantitative estimate of drug-likeness (QED) is 0.481. The molecule has 0 spiro atoms. The molecule has 0 unspecified atom stereocenters. The molecule has 2 heterocycles. The molecule has 56 valence electrons. The molecular formula is C7H12N2O. The van der Waals surface area contributed by atoms with Crippen molar-refractivity contribution in [1.29, 1.82) is 0 Å². The van der Waals surface area contributed by atoms with Crippen molar-refractivity contribution in [2.24, 2.45) is 0 Å². The molecule has 3 heteroatoms. The molecule has 3 nitrogen and oxygen atoms in total. The fourth-order valence-electron chi connectivity index (χ4n) is 1.89. The van der Waals surface area contributed by atoms with E-state index >= 15 is 0 Å². The Kier molecular flexibility index (Phi) is 1.13. The highest BCUT2D eigenvalue weighted by Gasteiger charge is 2.37. The number of hydrogen-bond donors (Lipinski definition) is 0. The number of nitrogens with zero attached hydrogens (tertiary/aromatic N) is 2. The van der Waals surface area contributed by atoms with Gasteiger partial charge < -0.3 is 9.80 Å². The number of fused-ring (bicyclic) bond motifs is 1. The third-order valence-corrected chi connectivity index (χ3v) is 2.43. The third kappa shape index (κ3) is 0.632. The first-order valence-corrected chi connectivity index (χ1v) is 3.81. The summed E-state index contributed by atoms with van der Waals surface area (Å²) in [5.74, 6) is 0. The van der Waals surface area contributed by atoms with Crippen LogP contribution >= 0.6 is 0 Å². The van der Waals surface area contributed by atoms with Crippen LogP contribution in [0.25, 0.3) is 0 Å². The predicted molar refractivity (Wildman–Crippen MR) is 37.8 cm³/mol. The van der Waals surface area contributed by atoms with E-state index in [2.05, 4.69) is 0 Å². The maximum atomic E-state index is 11.2. The minimum absolute atomic E-state index is 0.225. The zero-order valence-electron chi connectivity index (χ0n) is 6.21. The second kappa shape index (κ2) is 1.87. The van der Waals surface area contributed by atoms with Gasteiger partial charge >= 0.3 is 6.03 Å². The molecule has 1 atom stereocenters. The van der Waals surface area contributed by atoms with E-state index in [1.807, 2.05) is 16.8 Å². The zero-order valence-corrected chi connectivity index (χ0v) is 6.21. The number of carbonyl (C=O) groups excluding carboxylic acids is 1. The summed E-state index contributed by atoms with van der Waals surface area (Å²) in [4.78, 5) is 15.0. The van der Waals surface area contributed by atoms with Crippen LogP contribution in [0.1, 0.15) is 12.8 Å². The SMILES string of the molecule is CN1C[C@@H]2CCCN2C1=O. The Morgan fingerprint density at radius 3 is 3.10 bits per heavy atom. The Morgan fingerprint density at radius 1 is 1.60 bits per heavy atom. The van der Waals surface area contributed by atoms with Crippen LogP contribution < -0.4 is 0 Å². The summed E-state index contributed by atoms with van der Waals surface area (Å²) in [5.41, 5.74) is 0. The van der Waals surface area contributed by atoms with E-state index in [-0.39, 0.29) is 6.03 Å². The molecule has 2 rings (SSSR count). The minimum atomic E-state index is 0.225. The van der Waals surface area contributed by atoms with Crippen LogP contribution in [-0.2, 0) is 0 Å². The van der Waals surface area contributed by atoms with Gasteiger partial charge in [0, 0.05) is 20.1 Å². The molecular weight excluding hydrogens is 128 g/mol. The van der Waals surface area contributed by atoms with Gasteiger partial charge in [-0.1, -0.05) is 0 Å².